The van der Waals surface area contributed by atoms with E-state index in [2.05, 4.69) is 4.98 Å². The van der Waals surface area contributed by atoms with Gasteiger partial charge in [-0.05, 0) is 54.8 Å². The van der Waals surface area contributed by atoms with Crippen LogP contribution in [0, 0.1) is 5.82 Å². The number of halogens is 1. The van der Waals surface area contributed by atoms with E-state index >= 15 is 0 Å². The van der Waals surface area contributed by atoms with Crippen molar-refractivity contribution in [3.8, 4) is 5.75 Å². The van der Waals surface area contributed by atoms with Crippen LogP contribution in [0.15, 0.2) is 48.5 Å². The van der Waals surface area contributed by atoms with Gasteiger partial charge in [0.1, 0.15) is 11.6 Å². The molecule has 1 atom stereocenters. The average molecular weight is 421 g/mol. The molecule has 1 aliphatic rings. The molecule has 2 amide bonds. The van der Waals surface area contributed by atoms with Crippen molar-refractivity contribution < 1.29 is 18.7 Å². The molecule has 1 fully saturated rings. The minimum atomic E-state index is -0.602. The minimum Gasteiger partial charge on any atom is -0.497 e. The van der Waals surface area contributed by atoms with Crippen molar-refractivity contribution in [1.29, 1.82) is 0 Å². The van der Waals surface area contributed by atoms with E-state index in [1.54, 1.807) is 19.2 Å². The number of fused-ring (bicyclic) bond motifs is 1. The molecule has 7 heteroatoms. The summed E-state index contributed by atoms with van der Waals surface area (Å²) >= 11 is 0. The van der Waals surface area contributed by atoms with Gasteiger partial charge >= 0.3 is 0 Å². The lowest BCUT2D eigenvalue weighted by molar-refractivity contribution is -0.131. The summed E-state index contributed by atoms with van der Waals surface area (Å²) in [6, 6.07) is 13.3. The summed E-state index contributed by atoms with van der Waals surface area (Å²) < 4.78 is 18.8. The second-order valence-corrected chi connectivity index (χ2v) is 7.83. The number of hydrogen-bond acceptors (Lipinski definition) is 4. The van der Waals surface area contributed by atoms with Gasteiger partial charge < -0.3 is 15.4 Å². The Hall–Kier alpha value is -3.48. The minimum absolute atomic E-state index is 0.0263. The number of amides is 2. The van der Waals surface area contributed by atoms with Crippen LogP contribution in [0.4, 0.5) is 4.39 Å². The molecule has 0 spiro atoms. The first-order chi connectivity index (χ1) is 14.9. The first-order valence-electron chi connectivity index (χ1n) is 10.3. The monoisotopic (exact) mass is 421 g/mol. The van der Waals surface area contributed by atoms with Crippen molar-refractivity contribution in [1.82, 2.24) is 9.88 Å². The molecular weight excluding hydrogens is 397 g/mol. The zero-order valence-electron chi connectivity index (χ0n) is 17.3. The number of rotatable bonds is 5. The maximum Gasteiger partial charge on any atom is 0.250 e. The summed E-state index contributed by atoms with van der Waals surface area (Å²) in [4.78, 5) is 31.5. The predicted octanol–water partition coefficient (Wildman–Crippen LogP) is 3.43. The van der Waals surface area contributed by atoms with Gasteiger partial charge in [0.2, 0.25) is 5.91 Å². The second-order valence-electron chi connectivity index (χ2n) is 7.83. The number of hydrogen-bond donors (Lipinski definition) is 1. The Labute approximate surface area is 179 Å². The number of ether oxygens (including phenoxy) is 1. The van der Waals surface area contributed by atoms with Crippen LogP contribution in [0.2, 0.25) is 0 Å². The Morgan fingerprint density at radius 2 is 1.97 bits per heavy atom. The molecule has 2 heterocycles. The molecule has 0 radical (unpaired) electrons. The number of carbonyl (C=O) groups excluding carboxylic acids is 2. The zero-order valence-corrected chi connectivity index (χ0v) is 17.3. The van der Waals surface area contributed by atoms with Gasteiger partial charge in [-0.15, -0.1) is 0 Å². The third-order valence-electron chi connectivity index (χ3n) is 5.75. The van der Waals surface area contributed by atoms with Crippen LogP contribution in [0.1, 0.15) is 40.4 Å². The summed E-state index contributed by atoms with van der Waals surface area (Å²) in [5.74, 6) is -0.333. The van der Waals surface area contributed by atoms with Crippen LogP contribution in [-0.2, 0) is 11.2 Å². The topological polar surface area (TPSA) is 85.5 Å². The molecule has 6 nitrogen and oxygen atoms in total. The molecule has 0 unspecified atom stereocenters. The highest BCUT2D eigenvalue weighted by Gasteiger charge is 2.28. The molecule has 4 rings (SSSR count). The molecule has 0 aliphatic carbocycles. The third kappa shape index (κ3) is 4.50. The number of carbonyl (C=O) groups is 2. The number of pyridine rings is 1. The van der Waals surface area contributed by atoms with Crippen LogP contribution in [0.3, 0.4) is 0 Å². The van der Waals surface area contributed by atoms with E-state index in [1.807, 2.05) is 29.2 Å². The van der Waals surface area contributed by atoms with Gasteiger partial charge in [-0.2, -0.15) is 0 Å². The summed E-state index contributed by atoms with van der Waals surface area (Å²) in [5.41, 5.74) is 7.98. The average Bonchev–Trinajstić information content (AvgIpc) is 2.78. The second kappa shape index (κ2) is 8.71. The van der Waals surface area contributed by atoms with Crippen LogP contribution in [0.25, 0.3) is 10.9 Å². The van der Waals surface area contributed by atoms with Crippen LogP contribution in [-0.4, -0.2) is 41.9 Å². The van der Waals surface area contributed by atoms with Gasteiger partial charge in [-0.1, -0.05) is 12.1 Å². The van der Waals surface area contributed by atoms with Gasteiger partial charge in [0.25, 0.3) is 5.91 Å². The molecule has 31 heavy (non-hydrogen) atoms. The maximum absolute atomic E-state index is 13.6. The Morgan fingerprint density at radius 3 is 2.68 bits per heavy atom. The largest absolute Gasteiger partial charge is 0.497 e. The fraction of sp³-hybridized carbons (Fsp3) is 0.292. The van der Waals surface area contributed by atoms with E-state index in [4.69, 9.17) is 10.5 Å². The lowest BCUT2D eigenvalue weighted by Gasteiger charge is -2.33. The van der Waals surface area contributed by atoms with Gasteiger partial charge in [0, 0.05) is 24.4 Å². The van der Waals surface area contributed by atoms with Gasteiger partial charge in [0.15, 0.2) is 0 Å². The molecule has 1 aliphatic heterocycles. The van der Waals surface area contributed by atoms with Crippen molar-refractivity contribution >= 4 is 22.7 Å². The Balaban J connectivity index is 1.56. The molecule has 0 bridgehead atoms. The third-order valence-corrected chi connectivity index (χ3v) is 5.75. The van der Waals surface area contributed by atoms with E-state index in [0.717, 1.165) is 24.2 Å². The smallest absolute Gasteiger partial charge is 0.250 e. The van der Waals surface area contributed by atoms with Crippen molar-refractivity contribution in [2.75, 3.05) is 20.2 Å². The van der Waals surface area contributed by atoms with Crippen LogP contribution < -0.4 is 10.5 Å². The van der Waals surface area contributed by atoms with Gasteiger partial charge in [0.05, 0.1) is 30.3 Å². The van der Waals surface area contributed by atoms with Crippen LogP contribution >= 0.6 is 0 Å². The number of aromatic nitrogens is 1. The van der Waals surface area contributed by atoms with E-state index in [-0.39, 0.29) is 17.4 Å². The fourth-order valence-corrected chi connectivity index (χ4v) is 4.13. The standard InChI is InChI=1S/C24H24FN3O3/c1-31-19-7-4-15(5-8-19)11-22(29)28-10-2-3-16(14-28)23-20(24(26)30)13-17-12-18(25)6-9-21(17)27-23/h4-9,12-13,16H,2-3,10-11,14H2,1H3,(H2,26,30)/t16-/m0/s1. The number of piperidine rings is 1. The van der Waals surface area contributed by atoms with E-state index in [1.165, 1.54) is 12.1 Å². The molecule has 1 saturated heterocycles. The van der Waals surface area contributed by atoms with E-state index in [9.17, 15) is 14.0 Å². The molecule has 160 valence electrons. The van der Waals surface area contributed by atoms with Crippen molar-refractivity contribution in [2.24, 2.45) is 5.73 Å². The summed E-state index contributed by atoms with van der Waals surface area (Å²) in [6.45, 7) is 1.13. The molecule has 2 N–H and O–H groups in total. The normalized spacial score (nSPS) is 16.3. The highest BCUT2D eigenvalue weighted by molar-refractivity contribution is 5.98. The number of benzene rings is 2. The molecule has 0 saturated carbocycles. The van der Waals surface area contributed by atoms with Crippen molar-refractivity contribution in [3.05, 3.63) is 71.2 Å². The Morgan fingerprint density at radius 1 is 1.19 bits per heavy atom. The maximum atomic E-state index is 13.6. The summed E-state index contributed by atoms with van der Waals surface area (Å²) in [6.07, 6.45) is 1.90. The highest BCUT2D eigenvalue weighted by atomic mass is 19.1. The van der Waals surface area contributed by atoms with E-state index < -0.39 is 11.7 Å². The highest BCUT2D eigenvalue weighted by Crippen LogP contribution is 2.30. The molecular formula is C24H24FN3O3. The van der Waals surface area contributed by atoms with Gasteiger partial charge in [-0.3, -0.25) is 14.6 Å². The molecule has 1 aromatic heterocycles. The predicted molar refractivity (Wildman–Crippen MR) is 115 cm³/mol. The fourth-order valence-electron chi connectivity index (χ4n) is 4.13. The first kappa shape index (κ1) is 20.8. The van der Waals surface area contributed by atoms with Crippen molar-refractivity contribution in [3.63, 3.8) is 0 Å². The molecule has 2 aromatic carbocycles. The summed E-state index contributed by atoms with van der Waals surface area (Å²) in [5, 5.41) is 0.529. The Bertz CT molecular complexity index is 1130. The van der Waals surface area contributed by atoms with Crippen molar-refractivity contribution in [2.45, 2.75) is 25.2 Å². The number of nitrogens with two attached hydrogens (primary N) is 1. The lowest BCUT2D eigenvalue weighted by atomic mass is 9.90. The molecule has 3 aromatic rings. The first-order valence-corrected chi connectivity index (χ1v) is 10.3. The Kier molecular flexibility index (Phi) is 5.84. The number of primary amides is 1. The SMILES string of the molecule is COc1ccc(CC(=O)N2CCC[C@H](c3nc4ccc(F)cc4cc3C(N)=O)C2)cc1. The number of nitrogens with zero attached hydrogens (tertiary/aromatic N) is 2. The van der Waals surface area contributed by atoms with Crippen LogP contribution in [0.5, 0.6) is 5.75 Å². The zero-order chi connectivity index (χ0) is 22.0. The number of likely N-dealkylation sites (tertiary alicyclic amines) is 1. The lowest BCUT2D eigenvalue weighted by Crippen LogP contribution is -2.40. The summed E-state index contributed by atoms with van der Waals surface area (Å²) in [7, 11) is 1.60. The quantitative estimate of drug-likeness (QED) is 0.684. The van der Waals surface area contributed by atoms with E-state index in [0.29, 0.717) is 36.1 Å². The number of methoxy groups -OCH3 is 1. The van der Waals surface area contributed by atoms with Gasteiger partial charge in [-0.25, -0.2) is 4.39 Å².